The molecule has 0 aliphatic carbocycles. The SMILES string of the molecule is Cc1cc(C)n(-c2c(Nc3c(C)c(=O)n(-c4ccccc4)n3C)c(=O)c2=O)n1. The molecule has 0 unspecified atom stereocenters. The van der Waals surface area contributed by atoms with Crippen LogP contribution in [0, 0.1) is 20.8 Å². The summed E-state index contributed by atoms with van der Waals surface area (Å²) in [7, 11) is 1.72. The molecule has 0 aliphatic heterocycles. The molecule has 0 radical (unpaired) electrons. The van der Waals surface area contributed by atoms with Crippen molar-refractivity contribution in [2.75, 3.05) is 5.32 Å². The van der Waals surface area contributed by atoms with Gasteiger partial charge in [0.25, 0.3) is 16.4 Å². The van der Waals surface area contributed by atoms with Crippen LogP contribution < -0.4 is 21.7 Å². The highest BCUT2D eigenvalue weighted by Crippen LogP contribution is 2.23. The van der Waals surface area contributed by atoms with E-state index in [1.165, 1.54) is 9.36 Å². The molecule has 4 aromatic rings. The van der Waals surface area contributed by atoms with Crippen LogP contribution in [0.25, 0.3) is 11.4 Å². The van der Waals surface area contributed by atoms with Crippen LogP contribution >= 0.6 is 0 Å². The molecule has 0 spiro atoms. The number of aromatic nitrogens is 4. The molecule has 8 nitrogen and oxygen atoms in total. The zero-order chi connectivity index (χ0) is 20.2. The Morgan fingerprint density at radius 2 is 1.64 bits per heavy atom. The quantitative estimate of drug-likeness (QED) is 0.546. The van der Waals surface area contributed by atoms with E-state index in [-0.39, 0.29) is 16.9 Å². The minimum atomic E-state index is -0.623. The zero-order valence-corrected chi connectivity index (χ0v) is 16.0. The average Bonchev–Trinajstić information content (AvgIpc) is 3.11. The molecule has 0 saturated heterocycles. The van der Waals surface area contributed by atoms with Gasteiger partial charge in [-0.2, -0.15) is 5.10 Å². The first-order valence-corrected chi connectivity index (χ1v) is 8.79. The van der Waals surface area contributed by atoms with Crippen LogP contribution in [-0.4, -0.2) is 19.1 Å². The summed E-state index contributed by atoms with van der Waals surface area (Å²) in [6.07, 6.45) is 0. The molecule has 2 aromatic heterocycles. The van der Waals surface area contributed by atoms with Crippen LogP contribution in [-0.2, 0) is 7.05 Å². The van der Waals surface area contributed by atoms with E-state index in [0.29, 0.717) is 17.1 Å². The molecule has 8 heteroatoms. The second-order valence-electron chi connectivity index (χ2n) is 6.80. The number of benzene rings is 1. The van der Waals surface area contributed by atoms with E-state index in [9.17, 15) is 14.4 Å². The largest absolute Gasteiger partial charge is 0.335 e. The maximum absolute atomic E-state index is 12.8. The maximum Gasteiger partial charge on any atom is 0.276 e. The number of para-hydroxylation sites is 1. The van der Waals surface area contributed by atoms with Gasteiger partial charge >= 0.3 is 0 Å². The second-order valence-corrected chi connectivity index (χ2v) is 6.80. The fourth-order valence-corrected chi connectivity index (χ4v) is 3.44. The third-order valence-corrected chi connectivity index (χ3v) is 4.84. The van der Waals surface area contributed by atoms with Crippen molar-refractivity contribution in [1.29, 1.82) is 0 Å². The first kappa shape index (κ1) is 17.7. The summed E-state index contributed by atoms with van der Waals surface area (Å²) in [4.78, 5) is 37.2. The summed E-state index contributed by atoms with van der Waals surface area (Å²) >= 11 is 0. The Morgan fingerprint density at radius 1 is 0.964 bits per heavy atom. The van der Waals surface area contributed by atoms with Crippen molar-refractivity contribution in [2.45, 2.75) is 20.8 Å². The van der Waals surface area contributed by atoms with Crippen molar-refractivity contribution >= 4 is 11.5 Å². The molecule has 1 N–H and O–H groups in total. The summed E-state index contributed by atoms with van der Waals surface area (Å²) in [5.41, 5.74) is 1.54. The van der Waals surface area contributed by atoms with Gasteiger partial charge in [-0.3, -0.25) is 19.1 Å². The summed E-state index contributed by atoms with van der Waals surface area (Å²) in [5.74, 6) is 0.448. The van der Waals surface area contributed by atoms with E-state index in [2.05, 4.69) is 10.4 Å². The number of aryl methyl sites for hydroxylation is 2. The van der Waals surface area contributed by atoms with Gasteiger partial charge in [-0.25, -0.2) is 9.36 Å². The van der Waals surface area contributed by atoms with Gasteiger partial charge in [0.1, 0.15) is 17.2 Å². The summed E-state index contributed by atoms with van der Waals surface area (Å²) in [5, 5.41) is 7.30. The zero-order valence-electron chi connectivity index (χ0n) is 16.0. The van der Waals surface area contributed by atoms with E-state index in [1.54, 1.807) is 18.7 Å². The summed E-state index contributed by atoms with van der Waals surface area (Å²) in [6, 6.07) is 11.0. The Balaban J connectivity index is 1.84. The fraction of sp³-hybridized carbons (Fsp3) is 0.200. The van der Waals surface area contributed by atoms with Crippen molar-refractivity contribution in [3.05, 3.63) is 84.1 Å². The molecule has 0 fully saturated rings. The number of rotatable bonds is 4. The lowest BCUT2D eigenvalue weighted by Gasteiger charge is -2.16. The van der Waals surface area contributed by atoms with Crippen LogP contribution in [0.5, 0.6) is 0 Å². The minimum Gasteiger partial charge on any atom is -0.335 e. The topological polar surface area (TPSA) is 90.9 Å². The molecular weight excluding hydrogens is 358 g/mol. The van der Waals surface area contributed by atoms with E-state index in [4.69, 9.17) is 0 Å². The van der Waals surface area contributed by atoms with Gasteiger partial charge in [0.05, 0.1) is 16.9 Å². The predicted molar refractivity (Wildman–Crippen MR) is 107 cm³/mol. The van der Waals surface area contributed by atoms with Gasteiger partial charge in [0.2, 0.25) is 0 Å². The molecule has 142 valence electrons. The lowest BCUT2D eigenvalue weighted by atomic mass is 10.2. The normalized spacial score (nSPS) is 11.3. The molecule has 4 rings (SSSR count). The highest BCUT2D eigenvalue weighted by atomic mass is 16.2. The van der Waals surface area contributed by atoms with E-state index < -0.39 is 10.9 Å². The van der Waals surface area contributed by atoms with Gasteiger partial charge in [0.15, 0.2) is 0 Å². The Bertz CT molecular complexity index is 1330. The number of hydrogen-bond acceptors (Lipinski definition) is 5. The van der Waals surface area contributed by atoms with Crippen molar-refractivity contribution in [2.24, 2.45) is 7.05 Å². The number of hydrogen-bond donors (Lipinski definition) is 1. The Hall–Kier alpha value is -3.68. The van der Waals surface area contributed by atoms with E-state index in [1.807, 2.05) is 50.2 Å². The van der Waals surface area contributed by atoms with Crippen LogP contribution in [0.4, 0.5) is 11.5 Å². The third-order valence-electron chi connectivity index (χ3n) is 4.84. The van der Waals surface area contributed by atoms with E-state index in [0.717, 1.165) is 11.4 Å². The van der Waals surface area contributed by atoms with Gasteiger partial charge in [-0.05, 0) is 39.0 Å². The Kier molecular flexibility index (Phi) is 3.92. The van der Waals surface area contributed by atoms with Crippen molar-refractivity contribution in [3.63, 3.8) is 0 Å². The lowest BCUT2D eigenvalue weighted by Crippen LogP contribution is -2.39. The predicted octanol–water partition coefficient (Wildman–Crippen LogP) is 1.63. The average molecular weight is 377 g/mol. The molecule has 28 heavy (non-hydrogen) atoms. The minimum absolute atomic E-state index is 0.139. The van der Waals surface area contributed by atoms with Crippen LogP contribution in [0.3, 0.4) is 0 Å². The molecule has 0 amide bonds. The first-order chi connectivity index (χ1) is 13.3. The number of anilines is 2. The Morgan fingerprint density at radius 3 is 2.25 bits per heavy atom. The number of nitrogens with zero attached hydrogens (tertiary/aromatic N) is 4. The van der Waals surface area contributed by atoms with Crippen LogP contribution in [0.15, 0.2) is 50.8 Å². The van der Waals surface area contributed by atoms with Gasteiger partial charge in [-0.1, -0.05) is 18.2 Å². The summed E-state index contributed by atoms with van der Waals surface area (Å²) < 4.78 is 4.60. The van der Waals surface area contributed by atoms with Crippen LogP contribution in [0.2, 0.25) is 0 Å². The lowest BCUT2D eigenvalue weighted by molar-refractivity contribution is 0.653. The molecule has 0 saturated carbocycles. The summed E-state index contributed by atoms with van der Waals surface area (Å²) in [6.45, 7) is 5.31. The number of nitrogens with one attached hydrogen (secondary N) is 1. The van der Waals surface area contributed by atoms with Gasteiger partial charge in [0, 0.05) is 12.7 Å². The maximum atomic E-state index is 12.8. The monoisotopic (exact) mass is 377 g/mol. The second kappa shape index (κ2) is 6.19. The van der Waals surface area contributed by atoms with Crippen molar-refractivity contribution < 1.29 is 0 Å². The van der Waals surface area contributed by atoms with E-state index >= 15 is 0 Å². The van der Waals surface area contributed by atoms with Crippen molar-refractivity contribution in [1.82, 2.24) is 19.1 Å². The molecule has 0 bridgehead atoms. The van der Waals surface area contributed by atoms with Crippen molar-refractivity contribution in [3.8, 4) is 11.4 Å². The van der Waals surface area contributed by atoms with Gasteiger partial charge < -0.3 is 5.32 Å². The van der Waals surface area contributed by atoms with Crippen LogP contribution in [0.1, 0.15) is 17.0 Å². The fourth-order valence-electron chi connectivity index (χ4n) is 3.44. The Labute approximate surface area is 160 Å². The smallest absolute Gasteiger partial charge is 0.276 e. The first-order valence-electron chi connectivity index (χ1n) is 8.79. The third kappa shape index (κ3) is 2.45. The molecule has 0 aliphatic rings. The standard InChI is InChI=1S/C20H19N5O3/c1-11-10-12(2)24(22-11)16-15(17(26)18(16)27)21-19-13(3)20(28)25(23(19)4)14-8-6-5-7-9-14/h5-10,21H,1-4H3. The highest BCUT2D eigenvalue weighted by Gasteiger charge is 2.27. The van der Waals surface area contributed by atoms with Gasteiger partial charge in [-0.15, -0.1) is 0 Å². The molecule has 2 heterocycles. The molecule has 2 aromatic carbocycles. The highest BCUT2D eigenvalue weighted by molar-refractivity contribution is 5.73. The molecule has 0 atom stereocenters. The molecular formula is C20H19N5O3.